The van der Waals surface area contributed by atoms with Gasteiger partial charge in [0.2, 0.25) is 0 Å². The molecule has 176 valence electrons. The first-order valence-electron chi connectivity index (χ1n) is 11.1. The number of nitrogens with zero attached hydrogens (tertiary/aromatic N) is 1. The van der Waals surface area contributed by atoms with Gasteiger partial charge in [0.05, 0.1) is 0 Å². The van der Waals surface area contributed by atoms with E-state index in [1.807, 2.05) is 43.3 Å². The standard InChI is InChI=1S/C25H26N4O5/c1-3-14(2)22(24(31)32)27-23(30)20-12-21(29-28-20)26-25(33)34-13-19-17-10-6-4-8-15(17)16-9-5-7-11-18(16)19/h4-12,14,19,22H,3,13H2,1-2H3,(H,27,30)(H,31,32)(H2,26,28,29,33)/t14-,22-/m0/s1. The molecule has 2 amide bonds. The van der Waals surface area contributed by atoms with Crippen molar-refractivity contribution < 1.29 is 24.2 Å². The Kier molecular flexibility index (Phi) is 6.62. The van der Waals surface area contributed by atoms with Crippen molar-refractivity contribution in [2.24, 2.45) is 5.92 Å². The van der Waals surface area contributed by atoms with E-state index in [-0.39, 0.29) is 30.0 Å². The van der Waals surface area contributed by atoms with Crippen LogP contribution in [0.5, 0.6) is 0 Å². The van der Waals surface area contributed by atoms with Crippen LogP contribution in [0.1, 0.15) is 47.8 Å². The van der Waals surface area contributed by atoms with Crippen LogP contribution in [-0.4, -0.2) is 45.9 Å². The molecule has 1 heterocycles. The van der Waals surface area contributed by atoms with Gasteiger partial charge in [-0.2, -0.15) is 5.10 Å². The van der Waals surface area contributed by atoms with E-state index >= 15 is 0 Å². The Labute approximate surface area is 196 Å². The van der Waals surface area contributed by atoms with Crippen molar-refractivity contribution in [3.8, 4) is 11.1 Å². The van der Waals surface area contributed by atoms with Crippen LogP contribution in [0.2, 0.25) is 0 Å². The molecule has 9 nitrogen and oxygen atoms in total. The van der Waals surface area contributed by atoms with E-state index in [9.17, 15) is 19.5 Å². The predicted octanol–water partition coefficient (Wildman–Crippen LogP) is 4.00. The number of carbonyl (C=O) groups excluding carboxylic acids is 2. The molecule has 1 aromatic heterocycles. The van der Waals surface area contributed by atoms with Gasteiger partial charge in [-0.3, -0.25) is 15.2 Å². The molecule has 9 heteroatoms. The van der Waals surface area contributed by atoms with Gasteiger partial charge in [0.1, 0.15) is 18.3 Å². The highest BCUT2D eigenvalue weighted by molar-refractivity contribution is 5.96. The highest BCUT2D eigenvalue weighted by Gasteiger charge is 2.29. The van der Waals surface area contributed by atoms with Gasteiger partial charge in [-0.1, -0.05) is 68.8 Å². The number of anilines is 1. The number of fused-ring (bicyclic) bond motifs is 3. The Morgan fingerprint density at radius 3 is 2.29 bits per heavy atom. The van der Waals surface area contributed by atoms with Crippen molar-refractivity contribution in [2.75, 3.05) is 11.9 Å². The molecule has 0 fully saturated rings. The minimum absolute atomic E-state index is 0.0310. The summed E-state index contributed by atoms with van der Waals surface area (Å²) in [7, 11) is 0. The summed E-state index contributed by atoms with van der Waals surface area (Å²) in [5.74, 6) is -1.97. The van der Waals surface area contributed by atoms with Crippen molar-refractivity contribution in [3.05, 3.63) is 71.4 Å². The maximum absolute atomic E-state index is 12.4. The molecule has 0 saturated carbocycles. The lowest BCUT2D eigenvalue weighted by Gasteiger charge is -2.19. The minimum atomic E-state index is -1.11. The number of aromatic nitrogens is 2. The summed E-state index contributed by atoms with van der Waals surface area (Å²) in [6.07, 6.45) is -0.113. The van der Waals surface area contributed by atoms with Crippen molar-refractivity contribution in [3.63, 3.8) is 0 Å². The number of carbonyl (C=O) groups is 3. The Bertz CT molecular complexity index is 1180. The second-order valence-corrected chi connectivity index (χ2v) is 8.29. The molecule has 2 aromatic carbocycles. The first-order valence-corrected chi connectivity index (χ1v) is 11.1. The van der Waals surface area contributed by atoms with Crippen LogP contribution in [0, 0.1) is 5.92 Å². The third-order valence-corrected chi connectivity index (χ3v) is 6.16. The van der Waals surface area contributed by atoms with E-state index in [0.29, 0.717) is 6.42 Å². The highest BCUT2D eigenvalue weighted by atomic mass is 16.5. The van der Waals surface area contributed by atoms with Gasteiger partial charge in [-0.05, 0) is 28.2 Å². The monoisotopic (exact) mass is 462 g/mol. The predicted molar refractivity (Wildman–Crippen MR) is 126 cm³/mol. The molecule has 0 spiro atoms. The lowest BCUT2D eigenvalue weighted by molar-refractivity contribution is -0.140. The molecule has 0 unspecified atom stereocenters. The molecule has 34 heavy (non-hydrogen) atoms. The number of ether oxygens (including phenoxy) is 1. The first-order chi connectivity index (χ1) is 16.4. The summed E-state index contributed by atoms with van der Waals surface area (Å²) in [5.41, 5.74) is 4.50. The zero-order valence-corrected chi connectivity index (χ0v) is 18.9. The number of hydrogen-bond acceptors (Lipinski definition) is 5. The van der Waals surface area contributed by atoms with E-state index in [1.54, 1.807) is 6.92 Å². The van der Waals surface area contributed by atoms with Gasteiger partial charge in [-0.25, -0.2) is 9.59 Å². The Hall–Kier alpha value is -4.14. The van der Waals surface area contributed by atoms with Gasteiger partial charge in [0.15, 0.2) is 5.82 Å². The molecule has 1 aliphatic rings. The minimum Gasteiger partial charge on any atom is -0.480 e. The number of nitrogens with one attached hydrogen (secondary N) is 3. The second-order valence-electron chi connectivity index (χ2n) is 8.29. The molecule has 0 saturated heterocycles. The molecule has 4 rings (SSSR count). The van der Waals surface area contributed by atoms with Crippen LogP contribution in [-0.2, 0) is 9.53 Å². The van der Waals surface area contributed by atoms with Gasteiger partial charge >= 0.3 is 12.1 Å². The molecule has 0 aliphatic heterocycles. The fourth-order valence-electron chi connectivity index (χ4n) is 4.14. The third-order valence-electron chi connectivity index (χ3n) is 6.16. The summed E-state index contributed by atoms with van der Waals surface area (Å²) in [5, 5.41) is 20.7. The number of aromatic amines is 1. The summed E-state index contributed by atoms with van der Waals surface area (Å²) >= 11 is 0. The molecule has 1 aliphatic carbocycles. The topological polar surface area (TPSA) is 133 Å². The van der Waals surface area contributed by atoms with Crippen LogP contribution >= 0.6 is 0 Å². The fraction of sp³-hybridized carbons (Fsp3) is 0.280. The summed E-state index contributed by atoms with van der Waals surface area (Å²) in [6.45, 7) is 3.74. The fourth-order valence-corrected chi connectivity index (χ4v) is 4.14. The van der Waals surface area contributed by atoms with E-state index in [0.717, 1.165) is 22.3 Å². The number of aliphatic carboxylic acids is 1. The first kappa shape index (κ1) is 23.0. The smallest absolute Gasteiger partial charge is 0.412 e. The van der Waals surface area contributed by atoms with E-state index in [4.69, 9.17) is 4.74 Å². The Morgan fingerprint density at radius 2 is 1.71 bits per heavy atom. The van der Waals surface area contributed by atoms with Gasteiger partial charge in [0.25, 0.3) is 5.91 Å². The SMILES string of the molecule is CC[C@H](C)[C@H](NC(=O)c1cc(NC(=O)OCC2c3ccccc3-c3ccccc32)n[nH]1)C(=O)O. The number of benzene rings is 2. The quantitative estimate of drug-likeness (QED) is 0.400. The summed E-state index contributed by atoms with van der Waals surface area (Å²) < 4.78 is 5.47. The maximum atomic E-state index is 12.4. The van der Waals surface area contributed by atoms with Crippen LogP contribution in [0.15, 0.2) is 54.6 Å². The Balaban J connectivity index is 1.37. The van der Waals surface area contributed by atoms with Crippen LogP contribution in [0.3, 0.4) is 0 Å². The summed E-state index contributed by atoms with van der Waals surface area (Å²) in [6, 6.07) is 16.4. The van der Waals surface area contributed by atoms with Crippen molar-refractivity contribution in [1.82, 2.24) is 15.5 Å². The third kappa shape index (κ3) is 4.63. The normalized spacial score (nSPS) is 13.9. The molecule has 3 aromatic rings. The molecule has 0 bridgehead atoms. The van der Waals surface area contributed by atoms with Crippen molar-refractivity contribution in [2.45, 2.75) is 32.2 Å². The number of carboxylic acids is 1. The zero-order chi connectivity index (χ0) is 24.2. The van der Waals surface area contributed by atoms with Crippen LogP contribution in [0.4, 0.5) is 10.6 Å². The Morgan fingerprint density at radius 1 is 1.09 bits per heavy atom. The zero-order valence-electron chi connectivity index (χ0n) is 18.9. The van der Waals surface area contributed by atoms with E-state index < -0.39 is 24.0 Å². The largest absolute Gasteiger partial charge is 0.480 e. The maximum Gasteiger partial charge on any atom is 0.412 e. The van der Waals surface area contributed by atoms with Gasteiger partial charge in [0, 0.05) is 12.0 Å². The average Bonchev–Trinajstić information content (AvgIpc) is 3.43. The van der Waals surface area contributed by atoms with E-state index in [2.05, 4.69) is 33.0 Å². The number of rotatable bonds is 8. The second kappa shape index (κ2) is 9.78. The van der Waals surface area contributed by atoms with Gasteiger partial charge in [-0.15, -0.1) is 0 Å². The molecular formula is C25H26N4O5. The lowest BCUT2D eigenvalue weighted by atomic mass is 9.98. The average molecular weight is 463 g/mol. The van der Waals surface area contributed by atoms with Gasteiger partial charge < -0.3 is 15.2 Å². The van der Waals surface area contributed by atoms with Crippen molar-refractivity contribution >= 4 is 23.8 Å². The molecule has 2 atom stereocenters. The summed E-state index contributed by atoms with van der Waals surface area (Å²) in [4.78, 5) is 36.3. The van der Waals surface area contributed by atoms with E-state index in [1.165, 1.54) is 6.07 Å². The highest BCUT2D eigenvalue weighted by Crippen LogP contribution is 2.44. The van der Waals surface area contributed by atoms with Crippen LogP contribution < -0.4 is 10.6 Å². The van der Waals surface area contributed by atoms with Crippen molar-refractivity contribution in [1.29, 1.82) is 0 Å². The van der Waals surface area contributed by atoms with Crippen LogP contribution in [0.25, 0.3) is 11.1 Å². The number of amides is 2. The number of H-pyrrole nitrogens is 1. The molecular weight excluding hydrogens is 436 g/mol. The lowest BCUT2D eigenvalue weighted by Crippen LogP contribution is -2.45. The molecule has 4 N–H and O–H groups in total. The number of carboxylic acid groups (broad SMARTS) is 1. The molecule has 0 radical (unpaired) electrons. The number of hydrogen-bond donors (Lipinski definition) is 4.